The van der Waals surface area contributed by atoms with Crippen LogP contribution >= 0.6 is 0 Å². The van der Waals surface area contributed by atoms with Crippen molar-refractivity contribution in [2.45, 2.75) is 46.2 Å². The molecule has 0 aliphatic rings. The number of guanidine groups is 1. The predicted molar refractivity (Wildman–Crippen MR) is 155 cm³/mol. The van der Waals surface area contributed by atoms with E-state index in [0.29, 0.717) is 40.8 Å². The van der Waals surface area contributed by atoms with Crippen LogP contribution in [-0.2, 0) is 9.59 Å². The lowest BCUT2D eigenvalue weighted by molar-refractivity contribution is -0.139. The molecule has 2 aromatic carbocycles. The smallest absolute Gasteiger partial charge is 0.328 e. The lowest BCUT2D eigenvalue weighted by Gasteiger charge is -2.18. The molecule has 9 N–H and O–H groups in total. The van der Waals surface area contributed by atoms with Gasteiger partial charge in [-0.15, -0.1) is 0 Å². The van der Waals surface area contributed by atoms with Crippen LogP contribution < -0.4 is 37.5 Å². The Morgan fingerprint density at radius 3 is 2.29 bits per heavy atom. The van der Waals surface area contributed by atoms with E-state index < -0.39 is 36.3 Å². The number of hydrogen-bond acceptors (Lipinski definition) is 7. The van der Waals surface area contributed by atoms with E-state index in [1.807, 2.05) is 0 Å². The summed E-state index contributed by atoms with van der Waals surface area (Å²) in [5, 5.41) is 20.2. The highest BCUT2D eigenvalue weighted by Gasteiger charge is 2.24. The highest BCUT2D eigenvalue weighted by molar-refractivity contribution is 6.00. The van der Waals surface area contributed by atoms with E-state index in [1.54, 1.807) is 38.1 Å². The molecule has 0 heterocycles. The number of carboxylic acid groups (broad SMARTS) is 1. The van der Waals surface area contributed by atoms with Crippen LogP contribution in [0.5, 0.6) is 5.75 Å². The molecule has 2 rings (SSSR count). The van der Waals surface area contributed by atoms with Gasteiger partial charge in [-0.3, -0.25) is 14.4 Å². The summed E-state index contributed by atoms with van der Waals surface area (Å²) in [5.74, 6) is -2.67. The quantitative estimate of drug-likeness (QED) is 0.0913. The van der Waals surface area contributed by atoms with Gasteiger partial charge in [0.05, 0.1) is 18.8 Å². The number of benzene rings is 2. The minimum Gasteiger partial charge on any atom is -0.494 e. The first-order valence-corrected chi connectivity index (χ1v) is 13.1. The van der Waals surface area contributed by atoms with Gasteiger partial charge in [-0.25, -0.2) is 9.79 Å². The zero-order chi connectivity index (χ0) is 30.5. The summed E-state index contributed by atoms with van der Waals surface area (Å²) in [6, 6.07) is 8.58. The molecule has 0 fully saturated rings. The molecule has 0 bridgehead atoms. The van der Waals surface area contributed by atoms with Crippen molar-refractivity contribution in [1.29, 1.82) is 0 Å². The number of aliphatic carboxylic acids is 1. The van der Waals surface area contributed by atoms with Gasteiger partial charge in [0, 0.05) is 23.7 Å². The summed E-state index contributed by atoms with van der Waals surface area (Å²) in [7, 11) is 0. The van der Waals surface area contributed by atoms with Gasteiger partial charge in [0.25, 0.3) is 11.8 Å². The lowest BCUT2D eigenvalue weighted by atomic mass is 10.0. The van der Waals surface area contributed by atoms with Gasteiger partial charge in [-0.2, -0.15) is 0 Å². The molecule has 1 unspecified atom stereocenters. The fourth-order valence-corrected chi connectivity index (χ4v) is 3.86. The standard InChI is InChI=1S/C28H39N7O6/c1-16(2)31-9-6-10-41-21-11-17(3)24(18(4)12-21)26(38)35-22(27(39)40)14-32-23(36)15-33-25(37)19-7-5-8-20(13-19)34-28(29)30/h5,7-8,11-13,16,22,31H,6,9-10,14-15H2,1-4H3,(H,32,36)(H,33,37)(H,35,38)(H,39,40)(H4,29,30,34). The molecule has 0 aliphatic carbocycles. The molecule has 13 heteroatoms. The molecule has 0 spiro atoms. The second kappa shape index (κ2) is 15.8. The van der Waals surface area contributed by atoms with Gasteiger partial charge in [0.15, 0.2) is 5.96 Å². The van der Waals surface area contributed by atoms with E-state index in [4.69, 9.17) is 16.2 Å². The van der Waals surface area contributed by atoms with Crippen molar-refractivity contribution >= 4 is 35.3 Å². The molecular formula is C28H39N7O6. The number of nitrogens with two attached hydrogens (primary N) is 2. The van der Waals surface area contributed by atoms with Crippen molar-refractivity contribution < 1.29 is 29.0 Å². The molecule has 2 aromatic rings. The Balaban J connectivity index is 1.91. The lowest BCUT2D eigenvalue weighted by Crippen LogP contribution is -2.50. The van der Waals surface area contributed by atoms with Crippen LogP contribution in [0.3, 0.4) is 0 Å². The monoisotopic (exact) mass is 569 g/mol. The number of aryl methyl sites for hydroxylation is 2. The summed E-state index contributed by atoms with van der Waals surface area (Å²) in [4.78, 5) is 53.3. The Morgan fingerprint density at radius 1 is 1.00 bits per heavy atom. The molecule has 13 nitrogen and oxygen atoms in total. The molecule has 0 aliphatic heterocycles. The molecule has 0 radical (unpaired) electrons. The second-order valence-corrected chi connectivity index (χ2v) is 9.68. The number of aliphatic imine (C=N–C) groups is 1. The van der Waals surface area contributed by atoms with E-state index in [2.05, 4.69) is 40.1 Å². The number of hydrogen-bond donors (Lipinski definition) is 7. The maximum atomic E-state index is 13.0. The Morgan fingerprint density at radius 2 is 1.68 bits per heavy atom. The minimum atomic E-state index is -1.40. The first kappa shape index (κ1) is 32.6. The normalized spacial score (nSPS) is 11.3. The van der Waals surface area contributed by atoms with E-state index in [-0.39, 0.29) is 18.1 Å². The van der Waals surface area contributed by atoms with Crippen molar-refractivity contribution in [2.75, 3.05) is 26.2 Å². The third-order valence-corrected chi connectivity index (χ3v) is 5.76. The molecule has 1 atom stereocenters. The highest BCUT2D eigenvalue weighted by Crippen LogP contribution is 2.22. The van der Waals surface area contributed by atoms with Crippen LogP contribution in [0.1, 0.15) is 52.1 Å². The van der Waals surface area contributed by atoms with Crippen LogP contribution in [0.25, 0.3) is 0 Å². The van der Waals surface area contributed by atoms with Crippen LogP contribution in [0.15, 0.2) is 41.4 Å². The van der Waals surface area contributed by atoms with Crippen molar-refractivity contribution in [3.8, 4) is 5.75 Å². The molecular weight excluding hydrogens is 530 g/mol. The summed E-state index contributed by atoms with van der Waals surface area (Å²) in [6.45, 7) is 8.14. The van der Waals surface area contributed by atoms with Crippen molar-refractivity contribution in [3.63, 3.8) is 0 Å². The maximum Gasteiger partial charge on any atom is 0.328 e. The molecule has 0 aromatic heterocycles. The Hall–Kier alpha value is -4.65. The Kier molecular flexibility index (Phi) is 12.6. The van der Waals surface area contributed by atoms with Crippen LogP contribution in [0.2, 0.25) is 0 Å². The maximum absolute atomic E-state index is 13.0. The van der Waals surface area contributed by atoms with Gasteiger partial charge in [-0.05, 0) is 68.3 Å². The third kappa shape index (κ3) is 11.2. The number of nitrogens with zero attached hydrogens (tertiary/aromatic N) is 1. The molecule has 0 saturated heterocycles. The van der Waals surface area contributed by atoms with Gasteiger partial charge >= 0.3 is 5.97 Å². The molecule has 3 amide bonds. The van der Waals surface area contributed by atoms with Gasteiger partial charge in [0.2, 0.25) is 5.91 Å². The fraction of sp³-hybridized carbons (Fsp3) is 0.393. The Bertz CT molecular complexity index is 1250. The third-order valence-electron chi connectivity index (χ3n) is 5.76. The summed E-state index contributed by atoms with van der Waals surface area (Å²) < 4.78 is 5.80. The number of carbonyl (C=O) groups is 4. The first-order valence-electron chi connectivity index (χ1n) is 13.1. The van der Waals surface area contributed by atoms with Gasteiger partial charge in [0.1, 0.15) is 11.8 Å². The number of carboxylic acids is 1. The van der Waals surface area contributed by atoms with Crippen molar-refractivity contribution in [2.24, 2.45) is 16.5 Å². The highest BCUT2D eigenvalue weighted by atomic mass is 16.5. The molecule has 0 saturated carbocycles. The summed E-state index contributed by atoms with van der Waals surface area (Å²) in [6.07, 6.45) is 0.820. The van der Waals surface area contributed by atoms with Crippen LogP contribution in [-0.4, -0.2) is 73.1 Å². The summed E-state index contributed by atoms with van der Waals surface area (Å²) >= 11 is 0. The van der Waals surface area contributed by atoms with Gasteiger partial charge in [-0.1, -0.05) is 19.9 Å². The van der Waals surface area contributed by atoms with Crippen molar-refractivity contribution in [1.82, 2.24) is 21.3 Å². The van der Waals surface area contributed by atoms with E-state index in [9.17, 15) is 24.3 Å². The fourth-order valence-electron chi connectivity index (χ4n) is 3.86. The Labute approximate surface area is 239 Å². The summed E-state index contributed by atoms with van der Waals surface area (Å²) in [5.41, 5.74) is 12.8. The number of rotatable bonds is 15. The topological polar surface area (TPSA) is 210 Å². The second-order valence-electron chi connectivity index (χ2n) is 9.68. The average molecular weight is 570 g/mol. The minimum absolute atomic E-state index is 0.167. The molecule has 41 heavy (non-hydrogen) atoms. The SMILES string of the molecule is Cc1cc(OCCCNC(C)C)cc(C)c1C(=O)NC(CNC(=O)CNC(=O)c1cccc(N=C(N)N)c1)C(=O)O. The van der Waals surface area contributed by atoms with Crippen LogP contribution in [0.4, 0.5) is 5.69 Å². The van der Waals surface area contributed by atoms with E-state index in [1.165, 1.54) is 12.1 Å². The largest absolute Gasteiger partial charge is 0.494 e. The number of nitrogens with one attached hydrogen (secondary N) is 4. The van der Waals surface area contributed by atoms with E-state index >= 15 is 0 Å². The molecule has 222 valence electrons. The zero-order valence-corrected chi connectivity index (χ0v) is 23.7. The van der Waals surface area contributed by atoms with Gasteiger partial charge < -0.3 is 42.6 Å². The zero-order valence-electron chi connectivity index (χ0n) is 23.7. The average Bonchev–Trinajstić information content (AvgIpc) is 2.88. The number of amides is 3. The van der Waals surface area contributed by atoms with Crippen LogP contribution in [0, 0.1) is 13.8 Å². The number of ether oxygens (including phenoxy) is 1. The number of carbonyl (C=O) groups excluding carboxylic acids is 3. The first-order chi connectivity index (χ1) is 19.4. The predicted octanol–water partition coefficient (Wildman–Crippen LogP) is 0.704. The van der Waals surface area contributed by atoms with E-state index in [0.717, 1.165) is 13.0 Å². The van der Waals surface area contributed by atoms with Crippen molar-refractivity contribution in [3.05, 3.63) is 58.7 Å².